The van der Waals surface area contributed by atoms with Crippen LogP contribution in [0.3, 0.4) is 0 Å². The predicted octanol–water partition coefficient (Wildman–Crippen LogP) is 7.55. The van der Waals surface area contributed by atoms with Crippen molar-refractivity contribution in [2.45, 2.75) is 38.1 Å². The summed E-state index contributed by atoms with van der Waals surface area (Å²) >= 11 is 0. The molecule has 286 valence electrons. The number of nitrogens with zero attached hydrogens (tertiary/aromatic N) is 1. The Hall–Kier alpha value is -6.50. The summed E-state index contributed by atoms with van der Waals surface area (Å²) in [6, 6.07) is 55.7. The van der Waals surface area contributed by atoms with Gasteiger partial charge in [0.05, 0.1) is 6.61 Å². The number of amides is 1. The van der Waals surface area contributed by atoms with Crippen LogP contribution in [-0.4, -0.2) is 46.2 Å². The van der Waals surface area contributed by atoms with Crippen LogP contribution >= 0.6 is 6.89 Å². The number of Topliss-reactive ketones (excluding diaryl/α,β-unsaturated/α-hetero) is 1. The van der Waals surface area contributed by atoms with Gasteiger partial charge in [-0.2, -0.15) is 0 Å². The molecule has 0 N–H and O–H groups in total. The van der Waals surface area contributed by atoms with Crippen LogP contribution in [0.4, 0.5) is 4.79 Å². The Labute approximate surface area is 332 Å². The number of hydrogen-bond donors (Lipinski definition) is 0. The van der Waals surface area contributed by atoms with Gasteiger partial charge in [-0.3, -0.25) is 9.69 Å². The maximum absolute atomic E-state index is 15.8. The van der Waals surface area contributed by atoms with E-state index in [1.807, 2.05) is 158 Å². The quantitative estimate of drug-likeness (QED) is 0.0517. The van der Waals surface area contributed by atoms with Gasteiger partial charge in [-0.15, -0.1) is 0 Å². The highest BCUT2D eigenvalue weighted by atomic mass is 31.2. The average molecular weight is 776 g/mol. The molecule has 0 spiro atoms. The minimum absolute atomic E-state index is 0.000793. The van der Waals surface area contributed by atoms with Crippen molar-refractivity contribution in [2.24, 2.45) is 0 Å². The largest absolute Gasteiger partial charge is 0.462 e. The number of cyclic esters (lactones) is 1. The lowest BCUT2D eigenvalue weighted by Crippen LogP contribution is -2.56. The topological polar surface area (TPSA) is 99.2 Å². The van der Waals surface area contributed by atoms with E-state index in [0.29, 0.717) is 11.1 Å². The van der Waals surface area contributed by atoms with Crippen molar-refractivity contribution < 1.29 is 33.4 Å². The summed E-state index contributed by atoms with van der Waals surface area (Å²) in [5, 5.41) is 2.12. The SMILES string of the molecule is CCOC(=O)C(C(=O)C[C@@]1(Cc2ccccc2)C(=O)O[C@@H](c2ccccc2)N1C(=O)OCc1ccccc1)=P(c1ccccc1)(c1ccccc1)c1ccccc1. The van der Waals surface area contributed by atoms with Crippen LogP contribution in [0.25, 0.3) is 0 Å². The van der Waals surface area contributed by atoms with Crippen molar-refractivity contribution in [2.75, 3.05) is 6.61 Å². The molecule has 7 rings (SSSR count). The monoisotopic (exact) mass is 775 g/mol. The van der Waals surface area contributed by atoms with Crippen LogP contribution in [0, 0.1) is 0 Å². The molecule has 1 aliphatic rings. The Morgan fingerprint density at radius 3 is 1.53 bits per heavy atom. The van der Waals surface area contributed by atoms with Gasteiger partial charge in [0.2, 0.25) is 6.23 Å². The lowest BCUT2D eigenvalue weighted by atomic mass is 9.84. The molecule has 1 amide bonds. The first kappa shape index (κ1) is 38.8. The minimum Gasteiger partial charge on any atom is -0.462 e. The molecule has 9 heteroatoms. The first-order valence-corrected chi connectivity index (χ1v) is 20.6. The molecule has 2 atom stereocenters. The zero-order valence-electron chi connectivity index (χ0n) is 31.5. The first-order valence-electron chi connectivity index (χ1n) is 18.8. The maximum Gasteiger partial charge on any atom is 0.414 e. The molecule has 57 heavy (non-hydrogen) atoms. The lowest BCUT2D eigenvalue weighted by Gasteiger charge is -2.37. The van der Waals surface area contributed by atoms with E-state index in [9.17, 15) is 14.4 Å². The van der Waals surface area contributed by atoms with Crippen molar-refractivity contribution in [3.8, 4) is 0 Å². The fourth-order valence-corrected chi connectivity index (χ4v) is 11.9. The summed E-state index contributed by atoms with van der Waals surface area (Å²) in [5.74, 6) is -2.25. The molecule has 0 unspecified atom stereocenters. The summed E-state index contributed by atoms with van der Waals surface area (Å²) in [5.41, 5.74) is -0.0344. The van der Waals surface area contributed by atoms with Crippen molar-refractivity contribution in [3.63, 3.8) is 0 Å². The first-order chi connectivity index (χ1) is 27.9. The fourth-order valence-electron chi connectivity index (χ4n) is 7.57. The number of benzene rings is 6. The normalized spacial score (nSPS) is 16.3. The molecular formula is C48H42NO7P. The van der Waals surface area contributed by atoms with Gasteiger partial charge in [0.1, 0.15) is 11.9 Å². The molecule has 1 fully saturated rings. The van der Waals surface area contributed by atoms with Gasteiger partial charge in [-0.25, -0.2) is 14.4 Å². The van der Waals surface area contributed by atoms with Crippen LogP contribution in [0.15, 0.2) is 182 Å². The zero-order valence-corrected chi connectivity index (χ0v) is 32.4. The molecule has 0 radical (unpaired) electrons. The molecule has 8 nitrogen and oxygen atoms in total. The molecule has 6 aromatic rings. The summed E-state index contributed by atoms with van der Waals surface area (Å²) in [4.78, 5) is 61.4. The number of hydrogen-bond acceptors (Lipinski definition) is 7. The Bertz CT molecular complexity index is 2270. The number of rotatable bonds is 13. The molecule has 0 aliphatic carbocycles. The van der Waals surface area contributed by atoms with E-state index in [1.165, 1.54) is 4.90 Å². The summed E-state index contributed by atoms with van der Waals surface area (Å²) in [6.45, 7) is -1.76. The second-order valence-corrected chi connectivity index (χ2v) is 17.0. The zero-order chi connectivity index (χ0) is 39.7. The van der Waals surface area contributed by atoms with Crippen molar-refractivity contribution >= 4 is 51.9 Å². The van der Waals surface area contributed by atoms with Crippen LogP contribution < -0.4 is 15.9 Å². The Balaban J connectivity index is 1.50. The number of carbonyl (C=O) groups is 4. The van der Waals surface area contributed by atoms with E-state index in [0.717, 1.165) is 21.5 Å². The van der Waals surface area contributed by atoms with E-state index < -0.39 is 48.9 Å². The van der Waals surface area contributed by atoms with Crippen molar-refractivity contribution in [1.82, 2.24) is 4.90 Å². The van der Waals surface area contributed by atoms with E-state index in [4.69, 9.17) is 14.2 Å². The second-order valence-electron chi connectivity index (χ2n) is 13.6. The highest BCUT2D eigenvalue weighted by Crippen LogP contribution is 2.49. The second kappa shape index (κ2) is 17.5. The van der Waals surface area contributed by atoms with Gasteiger partial charge >= 0.3 is 18.0 Å². The van der Waals surface area contributed by atoms with E-state index in [1.54, 1.807) is 31.2 Å². The summed E-state index contributed by atoms with van der Waals surface area (Å²) in [7, 11) is 0. The smallest absolute Gasteiger partial charge is 0.414 e. The van der Waals surface area contributed by atoms with Crippen molar-refractivity contribution in [1.29, 1.82) is 0 Å². The molecule has 0 saturated carbocycles. The molecule has 1 saturated heterocycles. The standard InChI is InChI=1S/C48H42NO7P/c1-2-54-45(51)43(57(39-27-15-6-16-28-39,40-29-17-7-18-30-40)41-31-19-8-20-32-41)42(50)34-48(33-36-21-9-3-10-22-36)46(52)56-44(38-25-13-5-14-26-38)49(48)47(53)55-35-37-23-11-4-12-24-37/h3-32,44H,2,33-35H2,1H3/t44-,48-/m0/s1. The van der Waals surface area contributed by atoms with Gasteiger partial charge in [-0.05, 0) is 40.9 Å². The highest BCUT2D eigenvalue weighted by molar-refractivity contribution is 7.97. The molecule has 6 aromatic carbocycles. The van der Waals surface area contributed by atoms with E-state index in [2.05, 4.69) is 0 Å². The van der Waals surface area contributed by atoms with Crippen LogP contribution in [0.2, 0.25) is 0 Å². The highest BCUT2D eigenvalue weighted by Gasteiger charge is 2.60. The third kappa shape index (κ3) is 7.82. The molecule has 0 bridgehead atoms. The van der Waals surface area contributed by atoms with Gasteiger partial charge in [-0.1, -0.05) is 182 Å². The van der Waals surface area contributed by atoms with Crippen LogP contribution in [0.5, 0.6) is 0 Å². The van der Waals surface area contributed by atoms with Gasteiger partial charge in [0.25, 0.3) is 0 Å². The predicted molar refractivity (Wildman–Crippen MR) is 223 cm³/mol. The molecule has 1 heterocycles. The molecular weight excluding hydrogens is 734 g/mol. The average Bonchev–Trinajstić information content (AvgIpc) is 3.54. The maximum atomic E-state index is 15.8. The fraction of sp³-hybridized carbons (Fsp3) is 0.146. The summed E-state index contributed by atoms with van der Waals surface area (Å²) < 4.78 is 17.9. The number of esters is 2. The van der Waals surface area contributed by atoms with Gasteiger partial charge in [0.15, 0.2) is 11.3 Å². The van der Waals surface area contributed by atoms with Gasteiger partial charge < -0.3 is 14.2 Å². The third-order valence-electron chi connectivity index (χ3n) is 10.1. The Morgan fingerprint density at radius 1 is 0.614 bits per heavy atom. The number of ketones is 1. The van der Waals surface area contributed by atoms with Crippen LogP contribution in [-0.2, 0) is 41.6 Å². The third-order valence-corrected chi connectivity index (χ3v) is 14.4. The van der Waals surface area contributed by atoms with E-state index in [-0.39, 0.29) is 24.9 Å². The molecule has 0 aromatic heterocycles. The number of ether oxygens (including phenoxy) is 3. The Morgan fingerprint density at radius 2 is 1.05 bits per heavy atom. The van der Waals surface area contributed by atoms with Crippen molar-refractivity contribution in [3.05, 3.63) is 199 Å². The Kier molecular flexibility index (Phi) is 11.9. The van der Waals surface area contributed by atoms with Crippen LogP contribution in [0.1, 0.15) is 36.3 Å². The minimum atomic E-state index is -3.36. The summed E-state index contributed by atoms with van der Waals surface area (Å²) in [6.07, 6.45) is -2.80. The lowest BCUT2D eigenvalue weighted by molar-refractivity contribution is -0.147. The van der Waals surface area contributed by atoms with Gasteiger partial charge in [0, 0.05) is 18.4 Å². The number of carbonyl (C=O) groups excluding carboxylic acids is 4. The molecule has 1 aliphatic heterocycles. The van der Waals surface area contributed by atoms with E-state index >= 15 is 4.79 Å².